The van der Waals surface area contributed by atoms with Crippen molar-refractivity contribution in [2.24, 2.45) is 0 Å². The number of anilines is 1. The number of nitrogen functional groups attached to an aromatic ring is 1. The van der Waals surface area contributed by atoms with Crippen molar-refractivity contribution in [1.82, 2.24) is 19.5 Å². The van der Waals surface area contributed by atoms with E-state index in [9.17, 15) is 4.79 Å². The van der Waals surface area contributed by atoms with Gasteiger partial charge in [-0.3, -0.25) is 9.55 Å². The van der Waals surface area contributed by atoms with Crippen molar-refractivity contribution in [2.45, 2.75) is 32.4 Å². The molecule has 1 fully saturated rings. The standard InChI is InChI=1S/C18H21N5O3/c1-11-4-5-12(8-20-11)9-23-14-7-15(26-10-13-3-2-6-25-13)21-17(19)16(14)22-18(23)24/h4-5,7-8,13H,2-3,6,9-10H2,1H3,(H2,19,21)(H,22,24)/t13-/m1/s1. The summed E-state index contributed by atoms with van der Waals surface area (Å²) in [5, 5.41) is 0. The first-order valence-electron chi connectivity index (χ1n) is 8.65. The van der Waals surface area contributed by atoms with Crippen LogP contribution in [0.2, 0.25) is 0 Å². The van der Waals surface area contributed by atoms with Gasteiger partial charge in [-0.05, 0) is 31.4 Å². The Balaban J connectivity index is 1.64. The lowest BCUT2D eigenvalue weighted by atomic mass is 10.2. The fourth-order valence-electron chi connectivity index (χ4n) is 3.11. The van der Waals surface area contributed by atoms with Gasteiger partial charge in [-0.25, -0.2) is 4.79 Å². The molecule has 0 amide bonds. The van der Waals surface area contributed by atoms with Crippen molar-refractivity contribution < 1.29 is 9.47 Å². The molecule has 26 heavy (non-hydrogen) atoms. The summed E-state index contributed by atoms with van der Waals surface area (Å²) >= 11 is 0. The number of aromatic amines is 1. The zero-order valence-electron chi connectivity index (χ0n) is 14.6. The van der Waals surface area contributed by atoms with Crippen LogP contribution < -0.4 is 16.2 Å². The summed E-state index contributed by atoms with van der Waals surface area (Å²) in [6, 6.07) is 5.61. The number of nitrogens with zero attached hydrogens (tertiary/aromatic N) is 3. The molecule has 3 aromatic rings. The zero-order valence-corrected chi connectivity index (χ0v) is 14.6. The Hall–Kier alpha value is -2.87. The molecule has 0 radical (unpaired) electrons. The summed E-state index contributed by atoms with van der Waals surface area (Å²) in [4.78, 5) is 23.7. The number of rotatable bonds is 5. The van der Waals surface area contributed by atoms with E-state index in [0.717, 1.165) is 30.7 Å². The van der Waals surface area contributed by atoms with Gasteiger partial charge in [-0.1, -0.05) is 6.07 Å². The van der Waals surface area contributed by atoms with Gasteiger partial charge in [0.25, 0.3) is 0 Å². The van der Waals surface area contributed by atoms with Crippen molar-refractivity contribution in [3.63, 3.8) is 0 Å². The quantitative estimate of drug-likeness (QED) is 0.720. The number of pyridine rings is 2. The number of hydrogen-bond acceptors (Lipinski definition) is 6. The molecular formula is C18H21N5O3. The molecule has 1 aliphatic heterocycles. The molecule has 0 saturated carbocycles. The molecule has 0 spiro atoms. The molecule has 1 saturated heterocycles. The van der Waals surface area contributed by atoms with E-state index in [0.29, 0.717) is 30.1 Å². The van der Waals surface area contributed by atoms with Crippen LogP contribution in [-0.4, -0.2) is 38.8 Å². The monoisotopic (exact) mass is 355 g/mol. The number of nitrogens with one attached hydrogen (secondary N) is 1. The molecule has 3 aromatic heterocycles. The van der Waals surface area contributed by atoms with Crippen LogP contribution in [0.4, 0.5) is 5.82 Å². The Labute approximate surface area is 150 Å². The molecule has 1 aliphatic rings. The van der Waals surface area contributed by atoms with Crippen LogP contribution in [-0.2, 0) is 11.3 Å². The Kier molecular flexibility index (Phi) is 4.34. The minimum absolute atomic E-state index is 0.0840. The minimum Gasteiger partial charge on any atom is -0.475 e. The van der Waals surface area contributed by atoms with Gasteiger partial charge < -0.3 is 20.2 Å². The third kappa shape index (κ3) is 3.28. The van der Waals surface area contributed by atoms with E-state index < -0.39 is 0 Å². The van der Waals surface area contributed by atoms with E-state index in [-0.39, 0.29) is 17.6 Å². The van der Waals surface area contributed by atoms with E-state index in [2.05, 4.69) is 15.0 Å². The number of ether oxygens (including phenoxy) is 2. The molecule has 0 aromatic carbocycles. The Bertz CT molecular complexity index is 971. The Morgan fingerprint density at radius 3 is 3.08 bits per heavy atom. The third-order valence-corrected chi connectivity index (χ3v) is 4.53. The number of H-pyrrole nitrogens is 1. The van der Waals surface area contributed by atoms with Gasteiger partial charge in [0.05, 0.1) is 18.2 Å². The predicted molar refractivity (Wildman–Crippen MR) is 97.3 cm³/mol. The van der Waals surface area contributed by atoms with E-state index in [1.807, 2.05) is 19.1 Å². The summed E-state index contributed by atoms with van der Waals surface area (Å²) in [5.74, 6) is 0.628. The minimum atomic E-state index is -0.245. The van der Waals surface area contributed by atoms with Gasteiger partial charge in [0.2, 0.25) is 5.88 Å². The molecule has 0 aliphatic carbocycles. The second-order valence-electron chi connectivity index (χ2n) is 6.51. The van der Waals surface area contributed by atoms with Crippen LogP contribution in [0.25, 0.3) is 11.0 Å². The number of aryl methyl sites for hydroxylation is 1. The van der Waals surface area contributed by atoms with Gasteiger partial charge in [-0.2, -0.15) is 4.98 Å². The average Bonchev–Trinajstić information content (AvgIpc) is 3.24. The van der Waals surface area contributed by atoms with Crippen LogP contribution in [0.3, 0.4) is 0 Å². The van der Waals surface area contributed by atoms with Crippen molar-refractivity contribution in [1.29, 1.82) is 0 Å². The number of hydrogen-bond donors (Lipinski definition) is 2. The summed E-state index contributed by atoms with van der Waals surface area (Å²) in [6.45, 7) is 3.51. The molecule has 0 bridgehead atoms. The molecule has 3 N–H and O–H groups in total. The summed E-state index contributed by atoms with van der Waals surface area (Å²) in [7, 11) is 0. The largest absolute Gasteiger partial charge is 0.475 e. The van der Waals surface area contributed by atoms with Crippen molar-refractivity contribution in [3.8, 4) is 5.88 Å². The number of nitrogens with two attached hydrogens (primary N) is 1. The highest BCUT2D eigenvalue weighted by Gasteiger charge is 2.18. The number of aromatic nitrogens is 4. The van der Waals surface area contributed by atoms with Gasteiger partial charge in [0, 0.05) is 24.6 Å². The molecule has 8 heteroatoms. The van der Waals surface area contributed by atoms with Crippen molar-refractivity contribution >= 4 is 16.9 Å². The maximum atomic E-state index is 12.4. The molecular weight excluding hydrogens is 334 g/mol. The first-order chi connectivity index (χ1) is 12.6. The van der Waals surface area contributed by atoms with Crippen LogP contribution in [0.5, 0.6) is 5.88 Å². The third-order valence-electron chi connectivity index (χ3n) is 4.53. The van der Waals surface area contributed by atoms with Crippen molar-refractivity contribution in [2.75, 3.05) is 18.9 Å². The first kappa shape index (κ1) is 16.6. The second kappa shape index (κ2) is 6.80. The SMILES string of the molecule is Cc1ccc(Cn2c(=O)[nH]c3c(N)nc(OC[C@H]4CCCO4)cc32)cn1. The molecule has 1 atom stereocenters. The summed E-state index contributed by atoms with van der Waals surface area (Å²) < 4.78 is 12.9. The highest BCUT2D eigenvalue weighted by molar-refractivity contribution is 5.85. The highest BCUT2D eigenvalue weighted by Crippen LogP contribution is 2.23. The first-order valence-corrected chi connectivity index (χ1v) is 8.65. The van der Waals surface area contributed by atoms with Crippen LogP contribution in [0, 0.1) is 6.92 Å². The van der Waals surface area contributed by atoms with Crippen LogP contribution >= 0.6 is 0 Å². The lowest BCUT2D eigenvalue weighted by molar-refractivity contribution is 0.0664. The van der Waals surface area contributed by atoms with Gasteiger partial charge in [0.15, 0.2) is 5.82 Å². The lowest BCUT2D eigenvalue weighted by Crippen LogP contribution is -2.18. The highest BCUT2D eigenvalue weighted by atomic mass is 16.5. The normalized spacial score (nSPS) is 17.0. The van der Waals surface area contributed by atoms with E-state index in [1.54, 1.807) is 16.8 Å². The fraction of sp³-hybridized carbons (Fsp3) is 0.389. The maximum absolute atomic E-state index is 12.4. The van der Waals surface area contributed by atoms with Gasteiger partial charge in [-0.15, -0.1) is 0 Å². The molecule has 8 nitrogen and oxygen atoms in total. The summed E-state index contributed by atoms with van der Waals surface area (Å²) in [6.07, 6.45) is 3.87. The Morgan fingerprint density at radius 1 is 1.46 bits per heavy atom. The number of imidazole rings is 1. The molecule has 136 valence electrons. The predicted octanol–water partition coefficient (Wildman–Crippen LogP) is 1.62. The van der Waals surface area contributed by atoms with Gasteiger partial charge in [0.1, 0.15) is 12.1 Å². The van der Waals surface area contributed by atoms with Crippen molar-refractivity contribution in [3.05, 3.63) is 46.1 Å². The molecule has 4 rings (SSSR count). The Morgan fingerprint density at radius 2 is 2.35 bits per heavy atom. The van der Waals surface area contributed by atoms with Crippen LogP contribution in [0.1, 0.15) is 24.1 Å². The average molecular weight is 355 g/mol. The maximum Gasteiger partial charge on any atom is 0.326 e. The van der Waals surface area contributed by atoms with E-state index in [4.69, 9.17) is 15.2 Å². The fourth-order valence-corrected chi connectivity index (χ4v) is 3.11. The topological polar surface area (TPSA) is 108 Å². The van der Waals surface area contributed by atoms with Crippen LogP contribution in [0.15, 0.2) is 29.2 Å². The number of fused-ring (bicyclic) bond motifs is 1. The molecule has 0 unspecified atom stereocenters. The summed E-state index contributed by atoms with van der Waals surface area (Å²) in [5.41, 5.74) is 8.80. The van der Waals surface area contributed by atoms with Gasteiger partial charge >= 0.3 is 5.69 Å². The second-order valence-corrected chi connectivity index (χ2v) is 6.51. The zero-order chi connectivity index (χ0) is 18.1. The molecule has 4 heterocycles. The lowest BCUT2D eigenvalue weighted by Gasteiger charge is -2.11. The van der Waals surface area contributed by atoms with E-state index in [1.165, 1.54) is 0 Å². The van der Waals surface area contributed by atoms with E-state index >= 15 is 0 Å². The smallest absolute Gasteiger partial charge is 0.326 e.